The highest BCUT2D eigenvalue weighted by molar-refractivity contribution is 5.97. The first kappa shape index (κ1) is 37.3. The van der Waals surface area contributed by atoms with Crippen molar-refractivity contribution in [1.82, 2.24) is 5.32 Å². The number of ketones is 1. The number of hydrogen-bond acceptors (Lipinski definition) is 8. The first-order chi connectivity index (χ1) is 23.6. The number of ether oxygens (including phenoxy) is 4. The molecule has 262 valence electrons. The Kier molecular flexibility index (Phi) is 13.9. The molecule has 0 heterocycles. The van der Waals surface area contributed by atoms with Gasteiger partial charge in [0.15, 0.2) is 12.1 Å². The first-order valence-electron chi connectivity index (χ1n) is 17.0. The van der Waals surface area contributed by atoms with Crippen LogP contribution in [0.25, 0.3) is 11.1 Å². The lowest BCUT2D eigenvalue weighted by atomic mass is 9.93. The quantitative estimate of drug-likeness (QED) is 0.0839. The predicted molar refractivity (Wildman–Crippen MR) is 187 cm³/mol. The minimum Gasteiger partial charge on any atom is -0.464 e. The normalized spacial score (nSPS) is 13.9. The van der Waals surface area contributed by atoms with Gasteiger partial charge in [0.2, 0.25) is 5.91 Å². The number of esters is 1. The fourth-order valence-electron chi connectivity index (χ4n) is 5.68. The van der Waals surface area contributed by atoms with E-state index in [4.69, 9.17) is 18.9 Å². The second-order valence-corrected chi connectivity index (χ2v) is 12.7. The van der Waals surface area contributed by atoms with E-state index in [1.165, 1.54) is 0 Å². The molecule has 49 heavy (non-hydrogen) atoms. The molecule has 0 radical (unpaired) electrons. The molecule has 0 saturated heterocycles. The summed E-state index contributed by atoms with van der Waals surface area (Å²) >= 11 is 0. The van der Waals surface area contributed by atoms with Crippen molar-refractivity contribution in [1.29, 1.82) is 0 Å². The van der Waals surface area contributed by atoms with Crippen molar-refractivity contribution in [2.45, 2.75) is 78.7 Å². The van der Waals surface area contributed by atoms with Crippen LogP contribution in [0.2, 0.25) is 0 Å². The van der Waals surface area contributed by atoms with E-state index in [2.05, 4.69) is 22.8 Å². The number of Topliss-reactive ketones (excluding diaryl/α,β-unsaturated/α-hetero) is 1. The summed E-state index contributed by atoms with van der Waals surface area (Å²) in [6.07, 6.45) is 0.436. The molecule has 1 unspecified atom stereocenters. The summed E-state index contributed by atoms with van der Waals surface area (Å²) in [6, 6.07) is 22.5. The van der Waals surface area contributed by atoms with Gasteiger partial charge in [0.05, 0.1) is 19.3 Å². The number of benzene rings is 3. The second kappa shape index (κ2) is 18.3. The minimum absolute atomic E-state index is 0.0473. The highest BCUT2D eigenvalue weighted by Crippen LogP contribution is 2.44. The van der Waals surface area contributed by atoms with Crippen LogP contribution in [-0.2, 0) is 39.9 Å². The summed E-state index contributed by atoms with van der Waals surface area (Å²) in [5.74, 6) is -1.91. The molecule has 3 aromatic carbocycles. The predicted octanol–water partition coefficient (Wildman–Crippen LogP) is 7.01. The third-order valence-electron chi connectivity index (χ3n) is 8.49. The Balaban J connectivity index is 1.21. The fraction of sp³-hybridized carbons (Fsp3) is 0.436. The van der Waals surface area contributed by atoms with Crippen LogP contribution >= 0.6 is 0 Å². The lowest BCUT2D eigenvalue weighted by Gasteiger charge is -2.23. The Morgan fingerprint density at radius 2 is 1.43 bits per heavy atom. The van der Waals surface area contributed by atoms with Gasteiger partial charge in [0.1, 0.15) is 13.2 Å². The maximum atomic E-state index is 13.3. The molecule has 0 aromatic heterocycles. The number of alkyl carbamates (subject to hydrolysis) is 1. The van der Waals surface area contributed by atoms with Gasteiger partial charge in [0, 0.05) is 23.9 Å². The van der Waals surface area contributed by atoms with E-state index in [9.17, 15) is 19.2 Å². The fourth-order valence-corrected chi connectivity index (χ4v) is 5.68. The third-order valence-corrected chi connectivity index (χ3v) is 8.49. The van der Waals surface area contributed by atoms with Crippen LogP contribution in [0, 0.1) is 11.8 Å². The zero-order valence-electron chi connectivity index (χ0n) is 29.0. The number of hydrogen-bond donors (Lipinski definition) is 2. The Hall–Kier alpha value is -4.54. The maximum absolute atomic E-state index is 13.3. The summed E-state index contributed by atoms with van der Waals surface area (Å²) in [6.45, 7) is 9.68. The van der Waals surface area contributed by atoms with E-state index in [0.717, 1.165) is 40.7 Å². The Morgan fingerprint density at radius 1 is 0.796 bits per heavy atom. The number of fused-ring (bicyclic) bond motifs is 3. The standard InChI is InChI=1S/C39H48N2O8/c1-6-7-20-46-36(43)24-48-27(5)47-22-28-16-18-29(19-17-28)40-38(44)26(4)21-35(42)37(25(2)3)41-39(45)49-23-34-32-14-10-8-12-30(32)31-13-9-11-15-33(31)34/h8-19,25-27,34,37H,6-7,20-24H2,1-5H3,(H,40,44)(H,41,45)/t26-,27?,37+/m1/s1. The topological polar surface area (TPSA) is 129 Å². The third kappa shape index (κ3) is 10.7. The van der Waals surface area contributed by atoms with Crippen molar-refractivity contribution in [2.75, 3.05) is 25.1 Å². The van der Waals surface area contributed by atoms with Crippen LogP contribution in [0.15, 0.2) is 72.8 Å². The van der Waals surface area contributed by atoms with Gasteiger partial charge in [0.25, 0.3) is 0 Å². The van der Waals surface area contributed by atoms with Crippen molar-refractivity contribution >= 4 is 29.4 Å². The van der Waals surface area contributed by atoms with Crippen LogP contribution in [-0.4, -0.2) is 55.9 Å². The molecule has 0 fully saturated rings. The van der Waals surface area contributed by atoms with Gasteiger partial charge in [-0.2, -0.15) is 0 Å². The van der Waals surface area contributed by atoms with Gasteiger partial charge in [-0.3, -0.25) is 9.59 Å². The van der Waals surface area contributed by atoms with E-state index in [-0.39, 0.29) is 49.8 Å². The van der Waals surface area contributed by atoms with Gasteiger partial charge >= 0.3 is 12.1 Å². The average Bonchev–Trinajstić information content (AvgIpc) is 3.41. The van der Waals surface area contributed by atoms with Crippen LogP contribution in [0.5, 0.6) is 0 Å². The molecule has 1 aliphatic rings. The highest BCUT2D eigenvalue weighted by Gasteiger charge is 2.31. The highest BCUT2D eigenvalue weighted by atomic mass is 16.7. The molecule has 10 heteroatoms. The van der Waals surface area contributed by atoms with Crippen molar-refractivity contribution in [3.05, 3.63) is 89.5 Å². The number of carbonyl (C=O) groups is 4. The molecule has 1 aliphatic carbocycles. The zero-order valence-corrected chi connectivity index (χ0v) is 29.0. The largest absolute Gasteiger partial charge is 0.464 e. The van der Waals surface area contributed by atoms with E-state index < -0.39 is 30.3 Å². The van der Waals surface area contributed by atoms with Crippen molar-refractivity contribution < 1.29 is 38.1 Å². The van der Waals surface area contributed by atoms with Gasteiger partial charge in [-0.1, -0.05) is 94.8 Å². The van der Waals surface area contributed by atoms with E-state index in [0.29, 0.717) is 12.3 Å². The molecule has 3 atom stereocenters. The number of carbonyl (C=O) groups excluding carboxylic acids is 4. The number of rotatable bonds is 18. The van der Waals surface area contributed by atoms with Crippen LogP contribution in [0.1, 0.15) is 76.5 Å². The molecular weight excluding hydrogens is 624 g/mol. The van der Waals surface area contributed by atoms with Crippen molar-refractivity contribution in [3.63, 3.8) is 0 Å². The van der Waals surface area contributed by atoms with Crippen LogP contribution < -0.4 is 10.6 Å². The second-order valence-electron chi connectivity index (χ2n) is 12.7. The van der Waals surface area contributed by atoms with Gasteiger partial charge in [-0.15, -0.1) is 0 Å². The monoisotopic (exact) mass is 672 g/mol. The molecule has 3 aromatic rings. The molecule has 10 nitrogen and oxygen atoms in total. The smallest absolute Gasteiger partial charge is 0.407 e. The molecular formula is C39H48N2O8. The van der Waals surface area contributed by atoms with Crippen LogP contribution in [0.3, 0.4) is 0 Å². The molecule has 0 spiro atoms. The molecule has 0 aliphatic heterocycles. The molecule has 4 rings (SSSR count). The Labute approximate surface area is 288 Å². The zero-order chi connectivity index (χ0) is 35.3. The van der Waals surface area contributed by atoms with Crippen molar-refractivity contribution in [2.24, 2.45) is 11.8 Å². The van der Waals surface area contributed by atoms with Gasteiger partial charge in [-0.05, 0) is 59.2 Å². The maximum Gasteiger partial charge on any atom is 0.407 e. The molecule has 0 saturated carbocycles. The lowest BCUT2D eigenvalue weighted by Crippen LogP contribution is -2.45. The number of amides is 2. The Bertz CT molecular complexity index is 1530. The van der Waals surface area contributed by atoms with E-state index in [1.54, 1.807) is 26.0 Å². The average molecular weight is 673 g/mol. The summed E-state index contributed by atoms with van der Waals surface area (Å²) in [4.78, 5) is 50.9. The number of nitrogens with one attached hydrogen (secondary N) is 2. The molecule has 0 bridgehead atoms. The van der Waals surface area contributed by atoms with Crippen molar-refractivity contribution in [3.8, 4) is 11.1 Å². The number of unbranched alkanes of at least 4 members (excludes halogenated alkanes) is 1. The van der Waals surface area contributed by atoms with Gasteiger partial charge in [-0.25, -0.2) is 9.59 Å². The summed E-state index contributed by atoms with van der Waals surface area (Å²) in [7, 11) is 0. The Morgan fingerprint density at radius 3 is 2.04 bits per heavy atom. The molecule has 2 amide bonds. The van der Waals surface area contributed by atoms with E-state index >= 15 is 0 Å². The number of anilines is 1. The minimum atomic E-state index is -0.803. The summed E-state index contributed by atoms with van der Waals surface area (Å²) < 4.78 is 21.8. The first-order valence-corrected chi connectivity index (χ1v) is 17.0. The van der Waals surface area contributed by atoms with Crippen LogP contribution in [0.4, 0.5) is 10.5 Å². The van der Waals surface area contributed by atoms with E-state index in [1.807, 2.05) is 69.3 Å². The summed E-state index contributed by atoms with van der Waals surface area (Å²) in [5, 5.41) is 5.60. The lowest BCUT2D eigenvalue weighted by molar-refractivity contribution is -0.171. The molecule has 2 N–H and O–H groups in total. The summed E-state index contributed by atoms with van der Waals surface area (Å²) in [5.41, 5.74) is 5.90. The van der Waals surface area contributed by atoms with Gasteiger partial charge < -0.3 is 29.6 Å². The SMILES string of the molecule is CCCCOC(=O)COC(C)OCc1ccc(NC(=O)[C@H](C)CC(=O)[C@@H](NC(=O)OCC2c3ccccc3-c3ccccc32)C(C)C)cc1.